The SMILES string of the molecule is Cc1ccc(S(=O)(=O)n2cc(B3OC(C)(C)C(C)(C)O3)c3c(N4CCN(C(=O)O)C(C)C4)ncnc32)cc1. The summed E-state index contributed by atoms with van der Waals surface area (Å²) >= 11 is 0. The molecule has 4 heterocycles. The van der Waals surface area contributed by atoms with Gasteiger partial charge in [-0.15, -0.1) is 0 Å². The number of aromatic nitrogens is 3. The van der Waals surface area contributed by atoms with Crippen LogP contribution in [0.25, 0.3) is 11.0 Å². The van der Waals surface area contributed by atoms with Crippen molar-refractivity contribution in [1.82, 2.24) is 18.8 Å². The quantitative estimate of drug-likeness (QED) is 0.496. The van der Waals surface area contributed by atoms with Crippen LogP contribution in [0.5, 0.6) is 0 Å². The number of rotatable bonds is 4. The molecule has 1 amide bonds. The van der Waals surface area contributed by atoms with Gasteiger partial charge in [-0.2, -0.15) is 0 Å². The van der Waals surface area contributed by atoms with E-state index in [1.165, 1.54) is 17.4 Å². The lowest BCUT2D eigenvalue weighted by Gasteiger charge is -2.39. The largest absolute Gasteiger partial charge is 0.497 e. The fourth-order valence-electron chi connectivity index (χ4n) is 4.87. The number of aryl methyl sites for hydroxylation is 1. The van der Waals surface area contributed by atoms with Gasteiger partial charge < -0.3 is 24.2 Å². The number of piperazine rings is 1. The van der Waals surface area contributed by atoms with Crippen molar-refractivity contribution >= 4 is 45.5 Å². The smallest absolute Gasteiger partial charge is 0.465 e. The molecule has 1 atom stereocenters. The predicted molar refractivity (Wildman–Crippen MR) is 143 cm³/mol. The molecule has 0 radical (unpaired) electrons. The van der Waals surface area contributed by atoms with Crippen molar-refractivity contribution < 1.29 is 27.6 Å². The Morgan fingerprint density at radius 2 is 1.71 bits per heavy atom. The summed E-state index contributed by atoms with van der Waals surface area (Å²) in [4.78, 5) is 24.0. The summed E-state index contributed by atoms with van der Waals surface area (Å²) in [7, 11) is -4.88. The van der Waals surface area contributed by atoms with Crippen molar-refractivity contribution in [3.8, 4) is 0 Å². The van der Waals surface area contributed by atoms with E-state index in [0.29, 0.717) is 29.8 Å². The molecule has 38 heavy (non-hydrogen) atoms. The van der Waals surface area contributed by atoms with Gasteiger partial charge in [-0.3, -0.25) is 0 Å². The summed E-state index contributed by atoms with van der Waals surface area (Å²) in [5.41, 5.74) is 0.337. The average molecular weight is 541 g/mol. The number of fused-ring (bicyclic) bond motifs is 1. The first-order valence-corrected chi connectivity index (χ1v) is 14.0. The van der Waals surface area contributed by atoms with Gasteiger partial charge in [-0.25, -0.2) is 27.2 Å². The number of carbonyl (C=O) groups is 1. The standard InChI is InChI=1S/C25H32BN5O6S/c1-16-7-9-18(10-8-16)38(34,35)31-14-19(26-36-24(3,4)25(5,6)37-26)20-21(27-15-28-22(20)31)29-11-12-30(23(32)33)17(2)13-29/h7-10,14-15,17H,11-13H2,1-6H3,(H,32,33). The third-order valence-electron chi connectivity index (χ3n) is 7.82. The molecule has 2 saturated heterocycles. The fraction of sp³-hybridized carbons (Fsp3) is 0.480. The zero-order valence-electron chi connectivity index (χ0n) is 22.4. The van der Waals surface area contributed by atoms with Crippen LogP contribution in [0.15, 0.2) is 41.7 Å². The van der Waals surface area contributed by atoms with Crippen LogP contribution in [0.2, 0.25) is 0 Å². The third-order valence-corrected chi connectivity index (χ3v) is 9.48. The molecule has 11 nitrogen and oxygen atoms in total. The number of benzene rings is 1. The van der Waals surface area contributed by atoms with Gasteiger partial charge in [0.05, 0.1) is 21.5 Å². The molecular weight excluding hydrogens is 509 g/mol. The van der Waals surface area contributed by atoms with E-state index in [2.05, 4.69) is 9.97 Å². The van der Waals surface area contributed by atoms with Gasteiger partial charge in [0.1, 0.15) is 12.1 Å². The first kappa shape index (κ1) is 26.5. The number of anilines is 1. The lowest BCUT2D eigenvalue weighted by Crippen LogP contribution is -2.54. The van der Waals surface area contributed by atoms with Crippen LogP contribution in [0.3, 0.4) is 0 Å². The van der Waals surface area contributed by atoms with Crippen LogP contribution < -0.4 is 10.4 Å². The van der Waals surface area contributed by atoms with Crippen molar-refractivity contribution in [2.24, 2.45) is 0 Å². The maximum Gasteiger partial charge on any atom is 0.497 e. The van der Waals surface area contributed by atoms with Crippen LogP contribution in [0.1, 0.15) is 40.2 Å². The van der Waals surface area contributed by atoms with Crippen molar-refractivity contribution in [3.05, 3.63) is 42.4 Å². The van der Waals surface area contributed by atoms with Crippen molar-refractivity contribution in [1.29, 1.82) is 0 Å². The molecule has 2 aliphatic heterocycles. The molecule has 0 saturated carbocycles. The molecule has 2 aromatic heterocycles. The van der Waals surface area contributed by atoms with Gasteiger partial charge in [-0.05, 0) is 53.7 Å². The highest BCUT2D eigenvalue weighted by Crippen LogP contribution is 2.38. The summed E-state index contributed by atoms with van der Waals surface area (Å²) in [5, 5.41) is 10.0. The van der Waals surface area contributed by atoms with Gasteiger partial charge in [-0.1, -0.05) is 17.7 Å². The molecule has 5 rings (SSSR count). The van der Waals surface area contributed by atoms with Gasteiger partial charge >= 0.3 is 13.2 Å². The zero-order chi connectivity index (χ0) is 27.6. The third kappa shape index (κ3) is 4.22. The Morgan fingerprint density at radius 3 is 2.29 bits per heavy atom. The molecule has 0 bridgehead atoms. The Balaban J connectivity index is 1.69. The van der Waals surface area contributed by atoms with Gasteiger partial charge in [0, 0.05) is 37.3 Å². The van der Waals surface area contributed by atoms with Crippen LogP contribution in [-0.2, 0) is 19.3 Å². The normalized spacial score (nSPS) is 21.3. The minimum absolute atomic E-state index is 0.129. The van der Waals surface area contributed by atoms with Gasteiger partial charge in [0.2, 0.25) is 0 Å². The number of carboxylic acid groups (broad SMARTS) is 1. The predicted octanol–water partition coefficient (Wildman–Crippen LogP) is 2.46. The summed E-state index contributed by atoms with van der Waals surface area (Å²) in [5.74, 6) is 0.509. The lowest BCUT2D eigenvalue weighted by atomic mass is 9.79. The van der Waals surface area contributed by atoms with Crippen molar-refractivity contribution in [2.45, 2.75) is 63.7 Å². The minimum Gasteiger partial charge on any atom is -0.465 e. The number of hydrogen-bond acceptors (Lipinski definition) is 8. The van der Waals surface area contributed by atoms with E-state index in [1.54, 1.807) is 24.3 Å². The summed E-state index contributed by atoms with van der Waals surface area (Å²) in [6, 6.07) is 6.35. The monoisotopic (exact) mass is 541 g/mol. The number of hydrogen-bond donors (Lipinski definition) is 1. The number of amides is 1. The van der Waals surface area contributed by atoms with Crippen molar-refractivity contribution in [2.75, 3.05) is 24.5 Å². The van der Waals surface area contributed by atoms with E-state index in [1.807, 2.05) is 46.4 Å². The van der Waals surface area contributed by atoms with E-state index < -0.39 is 34.4 Å². The Hall–Kier alpha value is -3.16. The molecule has 202 valence electrons. The maximum atomic E-state index is 13.8. The Morgan fingerprint density at radius 1 is 1.08 bits per heavy atom. The summed E-state index contributed by atoms with van der Waals surface area (Å²) < 4.78 is 41.5. The second kappa shape index (κ2) is 8.96. The molecule has 0 spiro atoms. The number of nitrogens with zero attached hydrogens (tertiary/aromatic N) is 5. The first-order valence-electron chi connectivity index (χ1n) is 12.5. The molecule has 3 aromatic rings. The second-order valence-corrected chi connectivity index (χ2v) is 12.8. The lowest BCUT2D eigenvalue weighted by molar-refractivity contribution is 0.00578. The molecular formula is C25H32BN5O6S. The molecule has 1 aromatic carbocycles. The van der Waals surface area contributed by atoms with Crippen LogP contribution in [-0.4, -0.2) is 82.5 Å². The molecule has 1 N–H and O–H groups in total. The summed E-state index contributed by atoms with van der Waals surface area (Å²) in [6.45, 7) is 12.5. The van der Waals surface area contributed by atoms with Crippen LogP contribution in [0.4, 0.5) is 10.6 Å². The van der Waals surface area contributed by atoms with Gasteiger partial charge in [0.15, 0.2) is 5.65 Å². The summed E-state index contributed by atoms with van der Waals surface area (Å²) in [6.07, 6.45) is 1.87. The van der Waals surface area contributed by atoms with E-state index >= 15 is 0 Å². The molecule has 1 unspecified atom stereocenters. The van der Waals surface area contributed by atoms with Crippen molar-refractivity contribution in [3.63, 3.8) is 0 Å². The first-order chi connectivity index (χ1) is 17.7. The fourth-order valence-corrected chi connectivity index (χ4v) is 6.20. The van der Waals surface area contributed by atoms with E-state index in [9.17, 15) is 18.3 Å². The molecule has 2 aliphatic rings. The van der Waals surface area contributed by atoms with Gasteiger partial charge in [0.25, 0.3) is 10.0 Å². The minimum atomic E-state index is -4.02. The molecule has 13 heteroatoms. The Bertz CT molecular complexity index is 1490. The highest BCUT2D eigenvalue weighted by Gasteiger charge is 2.53. The van der Waals surface area contributed by atoms with E-state index in [-0.39, 0.29) is 23.1 Å². The molecule has 0 aliphatic carbocycles. The Labute approximate surface area is 222 Å². The Kier molecular flexibility index (Phi) is 6.24. The van der Waals surface area contributed by atoms with E-state index in [4.69, 9.17) is 9.31 Å². The zero-order valence-corrected chi connectivity index (χ0v) is 23.2. The highest BCUT2D eigenvalue weighted by atomic mass is 32.2. The topological polar surface area (TPSA) is 127 Å². The van der Waals surface area contributed by atoms with Crippen LogP contribution in [0, 0.1) is 6.92 Å². The highest BCUT2D eigenvalue weighted by molar-refractivity contribution is 7.90. The second-order valence-electron chi connectivity index (χ2n) is 11.0. The maximum absolute atomic E-state index is 13.8. The molecule has 2 fully saturated rings. The average Bonchev–Trinajstić information content (AvgIpc) is 3.33. The van der Waals surface area contributed by atoms with Crippen LogP contribution >= 0.6 is 0 Å². The van der Waals surface area contributed by atoms with E-state index in [0.717, 1.165) is 9.54 Å².